The summed E-state index contributed by atoms with van der Waals surface area (Å²) < 4.78 is 5.19. The minimum atomic E-state index is -0.249. The van der Waals surface area contributed by atoms with Crippen molar-refractivity contribution in [3.63, 3.8) is 0 Å². The van der Waals surface area contributed by atoms with Gasteiger partial charge in [0.05, 0.1) is 19.6 Å². The standard InChI is InChI=1S/C19H24N2O2/c1-14(15(2)20)19(22)21(13-16-7-5-4-6-8-16)17-9-11-18(23-3)12-10-17/h4-12,14-15H,13,20H2,1-3H3. The zero-order valence-corrected chi connectivity index (χ0v) is 13.9. The molecule has 0 aromatic heterocycles. The molecule has 2 aromatic rings. The Kier molecular flexibility index (Phi) is 5.77. The molecule has 1 amide bonds. The molecule has 2 rings (SSSR count). The molecule has 23 heavy (non-hydrogen) atoms. The Hall–Kier alpha value is -2.33. The van der Waals surface area contributed by atoms with E-state index in [2.05, 4.69) is 0 Å². The van der Waals surface area contributed by atoms with Crippen molar-refractivity contribution in [2.75, 3.05) is 12.0 Å². The average Bonchev–Trinajstić information content (AvgIpc) is 2.59. The Morgan fingerprint density at radius 2 is 1.70 bits per heavy atom. The molecule has 122 valence electrons. The number of benzene rings is 2. The topological polar surface area (TPSA) is 55.6 Å². The molecule has 0 spiro atoms. The van der Waals surface area contributed by atoms with Gasteiger partial charge in [-0.1, -0.05) is 37.3 Å². The maximum atomic E-state index is 12.9. The summed E-state index contributed by atoms with van der Waals surface area (Å²) in [5, 5.41) is 0. The highest BCUT2D eigenvalue weighted by Crippen LogP contribution is 2.23. The summed E-state index contributed by atoms with van der Waals surface area (Å²) in [6.45, 7) is 4.24. The fourth-order valence-corrected chi connectivity index (χ4v) is 2.30. The molecular formula is C19H24N2O2. The molecule has 0 radical (unpaired) electrons. The normalized spacial score (nSPS) is 13.2. The summed E-state index contributed by atoms with van der Waals surface area (Å²) in [6, 6.07) is 17.3. The molecule has 0 heterocycles. The minimum absolute atomic E-state index is 0.0222. The number of carbonyl (C=O) groups is 1. The van der Waals surface area contributed by atoms with E-state index in [1.165, 1.54) is 0 Å². The van der Waals surface area contributed by atoms with Crippen molar-refractivity contribution in [1.82, 2.24) is 0 Å². The van der Waals surface area contributed by atoms with Crippen LogP contribution in [-0.4, -0.2) is 19.1 Å². The molecule has 0 aliphatic rings. The van der Waals surface area contributed by atoms with Gasteiger partial charge in [-0.2, -0.15) is 0 Å². The van der Waals surface area contributed by atoms with Gasteiger partial charge in [0.25, 0.3) is 0 Å². The van der Waals surface area contributed by atoms with Crippen LogP contribution in [0.2, 0.25) is 0 Å². The van der Waals surface area contributed by atoms with Crippen molar-refractivity contribution in [2.45, 2.75) is 26.4 Å². The summed E-state index contributed by atoms with van der Waals surface area (Å²) in [6.07, 6.45) is 0. The van der Waals surface area contributed by atoms with E-state index in [-0.39, 0.29) is 17.9 Å². The van der Waals surface area contributed by atoms with E-state index in [9.17, 15) is 4.79 Å². The number of anilines is 1. The zero-order chi connectivity index (χ0) is 16.8. The molecule has 0 aliphatic carbocycles. The average molecular weight is 312 g/mol. The van der Waals surface area contributed by atoms with Crippen molar-refractivity contribution >= 4 is 11.6 Å². The lowest BCUT2D eigenvalue weighted by atomic mass is 10.0. The first-order valence-corrected chi connectivity index (χ1v) is 7.78. The summed E-state index contributed by atoms with van der Waals surface area (Å²) in [4.78, 5) is 14.6. The smallest absolute Gasteiger partial charge is 0.231 e. The first-order chi connectivity index (χ1) is 11.0. The fraction of sp³-hybridized carbons (Fsp3) is 0.316. The fourth-order valence-electron chi connectivity index (χ4n) is 2.30. The second kappa shape index (κ2) is 7.79. The first-order valence-electron chi connectivity index (χ1n) is 7.78. The molecule has 4 nitrogen and oxygen atoms in total. The Morgan fingerprint density at radius 1 is 1.09 bits per heavy atom. The predicted molar refractivity (Wildman–Crippen MR) is 93.4 cm³/mol. The molecule has 0 aliphatic heterocycles. The van der Waals surface area contributed by atoms with Crippen molar-refractivity contribution in [1.29, 1.82) is 0 Å². The van der Waals surface area contributed by atoms with Crippen molar-refractivity contribution < 1.29 is 9.53 Å². The van der Waals surface area contributed by atoms with Gasteiger partial charge in [-0.15, -0.1) is 0 Å². The molecule has 0 saturated carbocycles. The number of rotatable bonds is 6. The van der Waals surface area contributed by atoms with Crippen LogP contribution in [0.4, 0.5) is 5.69 Å². The Bertz CT molecular complexity index is 624. The van der Waals surface area contributed by atoms with E-state index in [1.807, 2.05) is 68.4 Å². The number of hydrogen-bond donors (Lipinski definition) is 1. The number of methoxy groups -OCH3 is 1. The Balaban J connectivity index is 2.31. The first kappa shape index (κ1) is 17.0. The second-order valence-electron chi connectivity index (χ2n) is 5.76. The molecule has 2 aromatic carbocycles. The second-order valence-corrected chi connectivity index (χ2v) is 5.76. The van der Waals surface area contributed by atoms with Crippen molar-refractivity contribution in [3.05, 3.63) is 60.2 Å². The summed E-state index contributed by atoms with van der Waals surface area (Å²) in [5.74, 6) is 0.538. The highest BCUT2D eigenvalue weighted by molar-refractivity contribution is 5.95. The van der Waals surface area contributed by atoms with Gasteiger partial charge in [0.2, 0.25) is 5.91 Å². The largest absolute Gasteiger partial charge is 0.497 e. The predicted octanol–water partition coefficient (Wildman–Crippen LogP) is 3.21. The zero-order valence-electron chi connectivity index (χ0n) is 13.9. The molecule has 2 N–H and O–H groups in total. The quantitative estimate of drug-likeness (QED) is 0.891. The molecule has 2 unspecified atom stereocenters. The number of nitrogens with two attached hydrogens (primary N) is 1. The van der Waals surface area contributed by atoms with E-state index in [1.54, 1.807) is 12.0 Å². The van der Waals surface area contributed by atoms with Crippen LogP contribution >= 0.6 is 0 Å². The van der Waals surface area contributed by atoms with E-state index in [0.717, 1.165) is 17.0 Å². The van der Waals surface area contributed by atoms with Gasteiger partial charge in [0.1, 0.15) is 5.75 Å². The number of amides is 1. The number of nitrogens with zero attached hydrogens (tertiary/aromatic N) is 1. The molecule has 0 bridgehead atoms. The van der Waals surface area contributed by atoms with Gasteiger partial charge < -0.3 is 15.4 Å². The van der Waals surface area contributed by atoms with Crippen molar-refractivity contribution in [2.24, 2.45) is 11.7 Å². The lowest BCUT2D eigenvalue weighted by Crippen LogP contribution is -2.41. The third kappa shape index (κ3) is 4.33. The highest BCUT2D eigenvalue weighted by Gasteiger charge is 2.24. The monoisotopic (exact) mass is 312 g/mol. The number of hydrogen-bond acceptors (Lipinski definition) is 3. The Morgan fingerprint density at radius 3 is 2.22 bits per heavy atom. The Labute approximate surface area is 137 Å². The summed E-state index contributed by atoms with van der Waals surface area (Å²) in [5.41, 5.74) is 7.84. The molecule has 0 saturated heterocycles. The third-order valence-corrected chi connectivity index (χ3v) is 4.01. The molecule has 2 atom stereocenters. The number of carbonyl (C=O) groups excluding carboxylic acids is 1. The molecular weight excluding hydrogens is 288 g/mol. The lowest BCUT2D eigenvalue weighted by molar-refractivity contribution is -0.122. The van der Waals surface area contributed by atoms with Crippen LogP contribution in [-0.2, 0) is 11.3 Å². The van der Waals surface area contributed by atoms with Crippen LogP contribution in [0.1, 0.15) is 19.4 Å². The van der Waals surface area contributed by atoms with Crippen LogP contribution in [0.5, 0.6) is 5.75 Å². The number of ether oxygens (including phenoxy) is 1. The van der Waals surface area contributed by atoms with Gasteiger partial charge in [-0.05, 0) is 36.8 Å². The van der Waals surface area contributed by atoms with Crippen LogP contribution in [0.25, 0.3) is 0 Å². The van der Waals surface area contributed by atoms with Gasteiger partial charge in [-0.25, -0.2) is 0 Å². The van der Waals surface area contributed by atoms with E-state index < -0.39 is 0 Å². The van der Waals surface area contributed by atoms with Crippen LogP contribution < -0.4 is 15.4 Å². The van der Waals surface area contributed by atoms with E-state index in [0.29, 0.717) is 6.54 Å². The SMILES string of the molecule is COc1ccc(N(Cc2ccccc2)C(=O)C(C)C(C)N)cc1. The highest BCUT2D eigenvalue weighted by atomic mass is 16.5. The van der Waals surface area contributed by atoms with Gasteiger partial charge in [0.15, 0.2) is 0 Å². The van der Waals surface area contributed by atoms with Gasteiger partial charge in [-0.3, -0.25) is 4.79 Å². The van der Waals surface area contributed by atoms with Crippen LogP contribution in [0.15, 0.2) is 54.6 Å². The summed E-state index contributed by atoms with van der Waals surface area (Å²) >= 11 is 0. The van der Waals surface area contributed by atoms with Crippen LogP contribution in [0, 0.1) is 5.92 Å². The van der Waals surface area contributed by atoms with Crippen molar-refractivity contribution in [3.8, 4) is 5.75 Å². The van der Waals surface area contributed by atoms with Gasteiger partial charge in [0, 0.05) is 11.7 Å². The lowest BCUT2D eigenvalue weighted by Gasteiger charge is -2.27. The molecule has 4 heteroatoms. The van der Waals surface area contributed by atoms with Crippen LogP contribution in [0.3, 0.4) is 0 Å². The molecule has 0 fully saturated rings. The van der Waals surface area contributed by atoms with Gasteiger partial charge >= 0.3 is 0 Å². The van der Waals surface area contributed by atoms with E-state index >= 15 is 0 Å². The maximum Gasteiger partial charge on any atom is 0.231 e. The minimum Gasteiger partial charge on any atom is -0.497 e. The maximum absolute atomic E-state index is 12.9. The van der Waals surface area contributed by atoms with E-state index in [4.69, 9.17) is 10.5 Å². The third-order valence-electron chi connectivity index (χ3n) is 4.01. The summed E-state index contributed by atoms with van der Waals surface area (Å²) in [7, 11) is 1.63.